The van der Waals surface area contributed by atoms with E-state index in [-0.39, 0.29) is 0 Å². The van der Waals surface area contributed by atoms with Crippen molar-refractivity contribution in [2.75, 3.05) is 6.61 Å². The largest absolute Gasteiger partial charge is 0.490 e. The molecule has 19 heavy (non-hydrogen) atoms. The van der Waals surface area contributed by atoms with Crippen LogP contribution < -0.4 is 15.2 Å². The highest BCUT2D eigenvalue weighted by Gasteiger charge is 2.10. The van der Waals surface area contributed by atoms with Crippen LogP contribution in [0.2, 0.25) is 0 Å². The fourth-order valence-corrected chi connectivity index (χ4v) is 1.94. The molecule has 3 nitrogen and oxygen atoms in total. The van der Waals surface area contributed by atoms with Gasteiger partial charge < -0.3 is 15.2 Å². The van der Waals surface area contributed by atoms with Gasteiger partial charge in [-0.05, 0) is 31.5 Å². The normalized spacial score (nSPS) is 10.3. The van der Waals surface area contributed by atoms with E-state index in [0.29, 0.717) is 18.9 Å². The van der Waals surface area contributed by atoms with E-state index in [1.165, 1.54) is 0 Å². The van der Waals surface area contributed by atoms with E-state index in [9.17, 15) is 0 Å². The summed E-state index contributed by atoms with van der Waals surface area (Å²) in [5.41, 5.74) is 7.81. The summed E-state index contributed by atoms with van der Waals surface area (Å²) in [4.78, 5) is 0. The summed E-state index contributed by atoms with van der Waals surface area (Å²) < 4.78 is 11.6. The topological polar surface area (TPSA) is 44.5 Å². The van der Waals surface area contributed by atoms with Gasteiger partial charge in [-0.15, -0.1) is 0 Å². The standard InChI is InChI=1S/C16H19NO2/c1-3-18-14-9-4-5-10-15(14)19-16-12(2)7-6-8-13(16)11-17/h4-10H,3,11,17H2,1-2H3. The Morgan fingerprint density at radius 2 is 1.74 bits per heavy atom. The molecule has 0 bridgehead atoms. The molecule has 2 aromatic carbocycles. The van der Waals surface area contributed by atoms with Crippen LogP contribution in [-0.4, -0.2) is 6.61 Å². The molecule has 0 aliphatic heterocycles. The molecule has 0 atom stereocenters. The van der Waals surface area contributed by atoms with Crippen molar-refractivity contribution in [1.82, 2.24) is 0 Å². The molecule has 0 aliphatic carbocycles. The lowest BCUT2D eigenvalue weighted by Crippen LogP contribution is -2.02. The Bertz CT molecular complexity index is 552. The lowest BCUT2D eigenvalue weighted by molar-refractivity contribution is 0.320. The molecule has 100 valence electrons. The summed E-state index contributed by atoms with van der Waals surface area (Å²) in [5, 5.41) is 0. The minimum absolute atomic E-state index is 0.452. The molecule has 0 amide bonds. The summed E-state index contributed by atoms with van der Waals surface area (Å²) in [6.07, 6.45) is 0. The third kappa shape index (κ3) is 3.06. The monoisotopic (exact) mass is 257 g/mol. The first kappa shape index (κ1) is 13.4. The van der Waals surface area contributed by atoms with Crippen LogP contribution in [0.3, 0.4) is 0 Å². The maximum Gasteiger partial charge on any atom is 0.169 e. The summed E-state index contributed by atoms with van der Waals surface area (Å²) in [6, 6.07) is 13.6. The molecule has 0 saturated heterocycles. The maximum atomic E-state index is 6.01. The van der Waals surface area contributed by atoms with Gasteiger partial charge in [0, 0.05) is 12.1 Å². The molecular formula is C16H19NO2. The Hall–Kier alpha value is -2.00. The van der Waals surface area contributed by atoms with Crippen LogP contribution in [0.25, 0.3) is 0 Å². The lowest BCUT2D eigenvalue weighted by Gasteiger charge is -2.15. The highest BCUT2D eigenvalue weighted by Crippen LogP contribution is 2.34. The highest BCUT2D eigenvalue weighted by atomic mass is 16.5. The second-order valence-corrected chi connectivity index (χ2v) is 4.25. The van der Waals surface area contributed by atoms with Crippen LogP contribution in [0, 0.1) is 6.92 Å². The minimum atomic E-state index is 0.452. The zero-order chi connectivity index (χ0) is 13.7. The van der Waals surface area contributed by atoms with Gasteiger partial charge >= 0.3 is 0 Å². The Labute approximate surface area is 114 Å². The van der Waals surface area contributed by atoms with Crippen LogP contribution in [0.1, 0.15) is 18.1 Å². The summed E-state index contributed by atoms with van der Waals surface area (Å²) in [6.45, 7) is 5.03. The Morgan fingerprint density at radius 3 is 2.42 bits per heavy atom. The third-order valence-corrected chi connectivity index (χ3v) is 2.87. The highest BCUT2D eigenvalue weighted by molar-refractivity contribution is 5.47. The van der Waals surface area contributed by atoms with Crippen LogP contribution >= 0.6 is 0 Å². The first-order valence-electron chi connectivity index (χ1n) is 6.44. The van der Waals surface area contributed by atoms with Gasteiger partial charge in [0.1, 0.15) is 5.75 Å². The Morgan fingerprint density at radius 1 is 1.00 bits per heavy atom. The predicted octanol–water partition coefficient (Wildman–Crippen LogP) is 3.64. The van der Waals surface area contributed by atoms with Crippen molar-refractivity contribution in [3.05, 3.63) is 53.6 Å². The van der Waals surface area contributed by atoms with E-state index in [2.05, 4.69) is 0 Å². The van der Waals surface area contributed by atoms with Gasteiger partial charge in [-0.3, -0.25) is 0 Å². The number of ether oxygens (including phenoxy) is 2. The minimum Gasteiger partial charge on any atom is -0.490 e. The Kier molecular flexibility index (Phi) is 4.42. The molecular weight excluding hydrogens is 238 g/mol. The summed E-state index contributed by atoms with van der Waals surface area (Å²) in [5.74, 6) is 2.28. The van der Waals surface area contributed by atoms with Gasteiger partial charge in [0.2, 0.25) is 0 Å². The van der Waals surface area contributed by atoms with Crippen molar-refractivity contribution < 1.29 is 9.47 Å². The van der Waals surface area contributed by atoms with Crippen molar-refractivity contribution in [2.45, 2.75) is 20.4 Å². The van der Waals surface area contributed by atoms with Crippen molar-refractivity contribution in [2.24, 2.45) is 5.73 Å². The molecule has 2 rings (SSSR count). The summed E-state index contributed by atoms with van der Waals surface area (Å²) in [7, 11) is 0. The van der Waals surface area contributed by atoms with Gasteiger partial charge in [-0.1, -0.05) is 30.3 Å². The van der Waals surface area contributed by atoms with E-state index in [1.54, 1.807) is 0 Å². The number of benzene rings is 2. The average Bonchev–Trinajstić information content (AvgIpc) is 2.43. The van der Waals surface area contributed by atoms with E-state index in [1.807, 2.05) is 56.3 Å². The van der Waals surface area contributed by atoms with Crippen molar-refractivity contribution >= 4 is 0 Å². The second-order valence-electron chi connectivity index (χ2n) is 4.25. The molecule has 0 heterocycles. The molecule has 0 aromatic heterocycles. The van der Waals surface area contributed by atoms with Gasteiger partial charge in [-0.25, -0.2) is 0 Å². The molecule has 2 N–H and O–H groups in total. The van der Waals surface area contributed by atoms with Gasteiger partial charge in [0.15, 0.2) is 11.5 Å². The first-order chi connectivity index (χ1) is 9.26. The number of hydrogen-bond acceptors (Lipinski definition) is 3. The molecule has 2 aromatic rings. The van der Waals surface area contributed by atoms with Crippen molar-refractivity contribution in [3.63, 3.8) is 0 Å². The quantitative estimate of drug-likeness (QED) is 0.889. The van der Waals surface area contributed by atoms with Crippen LogP contribution in [0.5, 0.6) is 17.2 Å². The van der Waals surface area contributed by atoms with Crippen molar-refractivity contribution in [1.29, 1.82) is 0 Å². The van der Waals surface area contributed by atoms with E-state index < -0.39 is 0 Å². The van der Waals surface area contributed by atoms with E-state index in [0.717, 1.165) is 22.6 Å². The zero-order valence-electron chi connectivity index (χ0n) is 11.3. The predicted molar refractivity (Wildman–Crippen MR) is 76.8 cm³/mol. The molecule has 0 spiro atoms. The van der Waals surface area contributed by atoms with Crippen LogP contribution in [-0.2, 0) is 6.54 Å². The van der Waals surface area contributed by atoms with Crippen molar-refractivity contribution in [3.8, 4) is 17.2 Å². The molecule has 3 heteroatoms. The summed E-state index contributed by atoms with van der Waals surface area (Å²) >= 11 is 0. The smallest absolute Gasteiger partial charge is 0.169 e. The number of aryl methyl sites for hydroxylation is 1. The SMILES string of the molecule is CCOc1ccccc1Oc1c(C)cccc1CN. The van der Waals surface area contributed by atoms with Crippen LogP contribution in [0.15, 0.2) is 42.5 Å². The third-order valence-electron chi connectivity index (χ3n) is 2.87. The fourth-order valence-electron chi connectivity index (χ4n) is 1.94. The van der Waals surface area contributed by atoms with Gasteiger partial charge in [0.05, 0.1) is 6.61 Å². The molecule has 0 aliphatic rings. The number of hydrogen-bond donors (Lipinski definition) is 1. The maximum absolute atomic E-state index is 6.01. The first-order valence-corrected chi connectivity index (χ1v) is 6.44. The lowest BCUT2D eigenvalue weighted by atomic mass is 10.1. The zero-order valence-corrected chi connectivity index (χ0v) is 11.3. The van der Waals surface area contributed by atoms with E-state index in [4.69, 9.17) is 15.2 Å². The number of para-hydroxylation sites is 3. The number of nitrogens with two attached hydrogens (primary N) is 1. The molecule has 0 unspecified atom stereocenters. The van der Waals surface area contributed by atoms with Crippen LogP contribution in [0.4, 0.5) is 0 Å². The van der Waals surface area contributed by atoms with E-state index >= 15 is 0 Å². The molecule has 0 radical (unpaired) electrons. The Balaban J connectivity index is 2.36. The number of rotatable bonds is 5. The van der Waals surface area contributed by atoms with Gasteiger partial charge in [0.25, 0.3) is 0 Å². The molecule has 0 saturated carbocycles. The fraction of sp³-hybridized carbons (Fsp3) is 0.250. The average molecular weight is 257 g/mol. The van der Waals surface area contributed by atoms with Gasteiger partial charge in [-0.2, -0.15) is 0 Å². The molecule has 0 fully saturated rings. The second kappa shape index (κ2) is 6.25.